The van der Waals surface area contributed by atoms with Crippen molar-refractivity contribution < 1.29 is 19.1 Å². The molecule has 0 aliphatic carbocycles. The van der Waals surface area contributed by atoms with Gasteiger partial charge in [0.25, 0.3) is 0 Å². The summed E-state index contributed by atoms with van der Waals surface area (Å²) in [5.74, 6) is -1.21. The van der Waals surface area contributed by atoms with Crippen molar-refractivity contribution >= 4 is 11.8 Å². The van der Waals surface area contributed by atoms with Gasteiger partial charge in [-0.05, 0) is 26.2 Å². The molecule has 3 atom stereocenters. The minimum atomic E-state index is -0.736. The van der Waals surface area contributed by atoms with E-state index in [1.54, 1.807) is 0 Å². The van der Waals surface area contributed by atoms with Gasteiger partial charge in [-0.1, -0.05) is 13.3 Å². The molecule has 0 N–H and O–H groups in total. The van der Waals surface area contributed by atoms with Gasteiger partial charge in [0, 0.05) is 6.42 Å². The summed E-state index contributed by atoms with van der Waals surface area (Å²) >= 11 is 0. The minimum absolute atomic E-state index is 0.0171. The average molecular weight is 240 g/mol. The van der Waals surface area contributed by atoms with Crippen LogP contribution in [0.3, 0.4) is 0 Å². The molecule has 4 heteroatoms. The van der Waals surface area contributed by atoms with Gasteiger partial charge in [0.05, 0.1) is 18.3 Å². The van der Waals surface area contributed by atoms with E-state index in [1.165, 1.54) is 7.11 Å². The van der Waals surface area contributed by atoms with E-state index < -0.39 is 17.5 Å². The Balaban J connectivity index is 2.27. The van der Waals surface area contributed by atoms with E-state index in [4.69, 9.17) is 9.47 Å². The molecule has 0 spiro atoms. The zero-order chi connectivity index (χ0) is 12.7. The van der Waals surface area contributed by atoms with Gasteiger partial charge in [0.2, 0.25) is 0 Å². The molecule has 0 aromatic carbocycles. The Bertz CT molecular complexity index is 351. The molecule has 0 aromatic heterocycles. The van der Waals surface area contributed by atoms with Crippen molar-refractivity contribution in [2.75, 3.05) is 7.11 Å². The lowest BCUT2D eigenvalue weighted by Crippen LogP contribution is -2.53. The highest BCUT2D eigenvalue weighted by Crippen LogP contribution is 2.51. The highest BCUT2D eigenvalue weighted by Gasteiger charge is 2.60. The molecule has 0 unspecified atom stereocenters. The SMILES string of the molecule is CCC[C@@]12CC[C@@](C)(O1)[C@H](C(=O)OC)C(=O)C2. The molecule has 17 heavy (non-hydrogen) atoms. The first kappa shape index (κ1) is 12.6. The number of carbonyl (C=O) groups is 2. The molecule has 0 radical (unpaired) electrons. The molecule has 2 aliphatic heterocycles. The topological polar surface area (TPSA) is 52.6 Å². The predicted octanol–water partition coefficient (Wildman–Crippen LogP) is 1.86. The lowest BCUT2D eigenvalue weighted by Gasteiger charge is -2.41. The van der Waals surface area contributed by atoms with Gasteiger partial charge in [-0.2, -0.15) is 0 Å². The summed E-state index contributed by atoms with van der Waals surface area (Å²) in [4.78, 5) is 23.9. The number of Topliss-reactive ketones (excluding diaryl/α,β-unsaturated/α-hetero) is 1. The van der Waals surface area contributed by atoms with E-state index in [1.807, 2.05) is 6.92 Å². The molecule has 2 fully saturated rings. The van der Waals surface area contributed by atoms with Crippen LogP contribution in [-0.2, 0) is 19.1 Å². The summed E-state index contributed by atoms with van der Waals surface area (Å²) in [5.41, 5.74) is -0.970. The normalized spacial score (nSPS) is 40.4. The fourth-order valence-electron chi connectivity index (χ4n) is 3.38. The lowest BCUT2D eigenvalue weighted by atomic mass is 9.81. The number of esters is 1. The summed E-state index contributed by atoms with van der Waals surface area (Å²) < 4.78 is 10.8. The van der Waals surface area contributed by atoms with Crippen molar-refractivity contribution in [3.63, 3.8) is 0 Å². The number of hydrogen-bond donors (Lipinski definition) is 0. The Morgan fingerprint density at radius 2 is 2.24 bits per heavy atom. The largest absolute Gasteiger partial charge is 0.468 e. The van der Waals surface area contributed by atoms with Crippen molar-refractivity contribution in [2.45, 2.75) is 57.2 Å². The van der Waals surface area contributed by atoms with Crippen molar-refractivity contribution in [3.05, 3.63) is 0 Å². The Morgan fingerprint density at radius 3 is 2.82 bits per heavy atom. The van der Waals surface area contributed by atoms with Crippen LogP contribution in [0.25, 0.3) is 0 Å². The summed E-state index contributed by atoms with van der Waals surface area (Å²) in [6.45, 7) is 3.95. The fraction of sp³-hybridized carbons (Fsp3) is 0.846. The van der Waals surface area contributed by atoms with E-state index in [0.717, 1.165) is 25.7 Å². The molecular formula is C13H20O4. The predicted molar refractivity (Wildman–Crippen MR) is 61.5 cm³/mol. The van der Waals surface area contributed by atoms with Gasteiger partial charge < -0.3 is 9.47 Å². The summed E-state index contributed by atoms with van der Waals surface area (Å²) in [6, 6.07) is 0. The Morgan fingerprint density at radius 1 is 1.53 bits per heavy atom. The molecule has 96 valence electrons. The van der Waals surface area contributed by atoms with Crippen LogP contribution in [0.2, 0.25) is 0 Å². The first-order valence-corrected chi connectivity index (χ1v) is 6.27. The number of hydrogen-bond acceptors (Lipinski definition) is 4. The van der Waals surface area contributed by atoms with Crippen LogP contribution in [0.4, 0.5) is 0 Å². The highest BCUT2D eigenvalue weighted by atomic mass is 16.5. The molecular weight excluding hydrogens is 220 g/mol. The summed E-state index contributed by atoms with van der Waals surface area (Å²) in [5, 5.41) is 0. The first-order chi connectivity index (χ1) is 7.96. The van der Waals surface area contributed by atoms with Crippen LogP contribution in [0.5, 0.6) is 0 Å². The van der Waals surface area contributed by atoms with E-state index in [0.29, 0.717) is 6.42 Å². The third kappa shape index (κ3) is 1.88. The van der Waals surface area contributed by atoms with Crippen molar-refractivity contribution in [1.82, 2.24) is 0 Å². The van der Waals surface area contributed by atoms with E-state index >= 15 is 0 Å². The number of ether oxygens (including phenoxy) is 2. The monoisotopic (exact) mass is 240 g/mol. The minimum Gasteiger partial charge on any atom is -0.468 e. The Labute approximate surface area is 102 Å². The average Bonchev–Trinajstić information content (AvgIpc) is 2.52. The van der Waals surface area contributed by atoms with Crippen molar-refractivity contribution in [2.24, 2.45) is 5.92 Å². The molecule has 4 nitrogen and oxygen atoms in total. The maximum Gasteiger partial charge on any atom is 0.319 e. The molecule has 2 aliphatic rings. The number of rotatable bonds is 3. The Kier molecular flexibility index (Phi) is 3.02. The highest BCUT2D eigenvalue weighted by molar-refractivity contribution is 6.01. The second kappa shape index (κ2) is 4.09. The fourth-order valence-corrected chi connectivity index (χ4v) is 3.38. The molecule has 0 saturated carbocycles. The second-order valence-corrected chi connectivity index (χ2v) is 5.45. The zero-order valence-electron chi connectivity index (χ0n) is 10.7. The second-order valence-electron chi connectivity index (χ2n) is 5.45. The Hall–Kier alpha value is -0.900. The number of methoxy groups -OCH3 is 1. The zero-order valence-corrected chi connectivity index (χ0v) is 10.7. The van der Waals surface area contributed by atoms with Crippen LogP contribution >= 0.6 is 0 Å². The molecule has 0 aromatic rings. The third-order valence-corrected chi connectivity index (χ3v) is 4.10. The van der Waals surface area contributed by atoms with Crippen molar-refractivity contribution in [1.29, 1.82) is 0 Å². The number of fused-ring (bicyclic) bond motifs is 2. The van der Waals surface area contributed by atoms with Crippen LogP contribution in [-0.4, -0.2) is 30.1 Å². The first-order valence-electron chi connectivity index (χ1n) is 6.27. The summed E-state index contributed by atoms with van der Waals surface area (Å²) in [7, 11) is 1.32. The van der Waals surface area contributed by atoms with E-state index in [9.17, 15) is 9.59 Å². The van der Waals surface area contributed by atoms with Crippen LogP contribution in [0, 0.1) is 5.92 Å². The number of ketones is 1. The lowest BCUT2D eigenvalue weighted by molar-refractivity contribution is -0.188. The van der Waals surface area contributed by atoms with Crippen LogP contribution in [0.1, 0.15) is 46.0 Å². The van der Waals surface area contributed by atoms with Gasteiger partial charge in [-0.15, -0.1) is 0 Å². The van der Waals surface area contributed by atoms with Gasteiger partial charge in [0.1, 0.15) is 5.92 Å². The molecule has 2 bridgehead atoms. The molecule has 2 heterocycles. The van der Waals surface area contributed by atoms with Gasteiger partial charge in [-0.25, -0.2) is 0 Å². The third-order valence-electron chi connectivity index (χ3n) is 4.10. The maximum absolute atomic E-state index is 12.2. The van der Waals surface area contributed by atoms with E-state index in [-0.39, 0.29) is 11.4 Å². The van der Waals surface area contributed by atoms with Crippen molar-refractivity contribution in [3.8, 4) is 0 Å². The van der Waals surface area contributed by atoms with Crippen LogP contribution < -0.4 is 0 Å². The number of carbonyl (C=O) groups excluding carboxylic acids is 2. The summed E-state index contributed by atoms with van der Waals surface area (Å²) in [6.07, 6.45) is 3.87. The van der Waals surface area contributed by atoms with E-state index in [2.05, 4.69) is 6.92 Å². The van der Waals surface area contributed by atoms with Gasteiger partial charge >= 0.3 is 5.97 Å². The van der Waals surface area contributed by atoms with Gasteiger partial charge in [0.15, 0.2) is 5.78 Å². The molecule has 0 amide bonds. The molecule has 2 saturated heterocycles. The van der Waals surface area contributed by atoms with Gasteiger partial charge in [-0.3, -0.25) is 9.59 Å². The smallest absolute Gasteiger partial charge is 0.319 e. The standard InChI is InChI=1S/C13H20O4/c1-4-5-13-7-6-12(2,17-13)10(9(14)8-13)11(15)16-3/h10H,4-8H2,1-3H3/t10-,12+,13-/m0/s1. The molecule has 2 rings (SSSR count). The maximum atomic E-state index is 12.2. The quantitative estimate of drug-likeness (QED) is 0.558. The van der Waals surface area contributed by atoms with Crippen LogP contribution in [0.15, 0.2) is 0 Å².